The lowest BCUT2D eigenvalue weighted by atomic mass is 9.98. The predicted octanol–water partition coefficient (Wildman–Crippen LogP) is 2.32. The van der Waals surface area contributed by atoms with Crippen LogP contribution in [0.2, 0.25) is 0 Å². The number of piperidine rings is 1. The van der Waals surface area contributed by atoms with E-state index in [0.717, 1.165) is 0 Å². The van der Waals surface area contributed by atoms with E-state index in [4.69, 9.17) is 4.74 Å². The average molecular weight is 305 g/mol. The van der Waals surface area contributed by atoms with Crippen LogP contribution in [-0.2, 0) is 14.1 Å². The van der Waals surface area contributed by atoms with Gasteiger partial charge in [0, 0.05) is 18.7 Å². The van der Waals surface area contributed by atoms with Gasteiger partial charge >= 0.3 is 12.1 Å². The Morgan fingerprint density at radius 2 is 1.80 bits per heavy atom. The van der Waals surface area contributed by atoms with E-state index in [1.165, 1.54) is 4.90 Å². The molecule has 7 heteroatoms. The Balaban J connectivity index is 2.88. The minimum atomic E-state index is -2.46. The molecule has 1 heterocycles. The van der Waals surface area contributed by atoms with Crippen LogP contribution in [0.25, 0.3) is 0 Å². The van der Waals surface area contributed by atoms with Gasteiger partial charge in [0.1, 0.15) is 5.60 Å². The van der Waals surface area contributed by atoms with Crippen molar-refractivity contribution in [3.05, 3.63) is 0 Å². The lowest BCUT2D eigenvalue weighted by Crippen LogP contribution is -2.49. The van der Waals surface area contributed by atoms with Gasteiger partial charge in [0.05, 0.1) is 13.1 Å². The number of likely N-dealkylation sites (tertiary alicyclic amines) is 1. The van der Waals surface area contributed by atoms with Crippen molar-refractivity contribution in [3.63, 3.8) is 0 Å². The molecule has 0 radical (unpaired) electrons. The van der Waals surface area contributed by atoms with Gasteiger partial charge in [-0.15, -0.1) is 0 Å². The van der Waals surface area contributed by atoms with Gasteiger partial charge in [-0.05, 0) is 40.5 Å². The van der Waals surface area contributed by atoms with Gasteiger partial charge in [0.25, 0.3) is 0 Å². The smallest absolute Gasteiger partial charge is 0.410 e. The monoisotopic (exact) mass is 305 g/mol. The number of carbonyl (C=O) groups excluding carboxylic acids is 1. The Kier molecular flexibility index (Phi) is 4.90. The number of hydrogen-bond donors (Lipinski definition) is 1. The summed E-state index contributed by atoms with van der Waals surface area (Å²) in [5.41, 5.74) is -0.921. The molecule has 0 aromatic heterocycles. The third-order valence-corrected chi connectivity index (χ3v) is 5.44. The van der Waals surface area contributed by atoms with E-state index in [-0.39, 0.29) is 12.2 Å². The Hall–Kier alpha value is -1.03. The van der Waals surface area contributed by atoms with Crippen molar-refractivity contribution < 1.29 is 24.0 Å². The molecular weight excluding hydrogens is 281 g/mol. The number of hydrogen-bond acceptors (Lipinski definition) is 4. The zero-order chi connectivity index (χ0) is 15.7. The number of carboxylic acid groups (broad SMARTS) is 1. The largest absolute Gasteiger partial charge is 0.481 e. The van der Waals surface area contributed by atoms with Crippen LogP contribution in [0.3, 0.4) is 0 Å². The van der Waals surface area contributed by atoms with Crippen molar-refractivity contribution >= 4 is 19.2 Å². The first-order valence-corrected chi connectivity index (χ1v) is 9.32. The second kappa shape index (κ2) is 5.76. The molecule has 1 rings (SSSR count). The van der Waals surface area contributed by atoms with E-state index >= 15 is 0 Å². The van der Waals surface area contributed by atoms with Crippen molar-refractivity contribution in [1.29, 1.82) is 0 Å². The summed E-state index contributed by atoms with van der Waals surface area (Å²) >= 11 is 0. The van der Waals surface area contributed by atoms with Crippen molar-refractivity contribution in [2.75, 3.05) is 26.4 Å². The van der Waals surface area contributed by atoms with E-state index in [0.29, 0.717) is 13.0 Å². The topological polar surface area (TPSA) is 83.9 Å². The van der Waals surface area contributed by atoms with Crippen LogP contribution in [0.5, 0.6) is 0 Å². The Morgan fingerprint density at radius 1 is 1.25 bits per heavy atom. The number of amides is 1. The highest BCUT2D eigenvalue weighted by Crippen LogP contribution is 2.47. The van der Waals surface area contributed by atoms with Crippen LogP contribution in [0.15, 0.2) is 0 Å². The third-order valence-electron chi connectivity index (χ3n) is 3.31. The number of carbonyl (C=O) groups is 2. The fourth-order valence-electron chi connectivity index (χ4n) is 2.18. The van der Waals surface area contributed by atoms with Crippen LogP contribution in [-0.4, -0.2) is 59.7 Å². The molecule has 1 amide bonds. The molecule has 1 saturated heterocycles. The summed E-state index contributed by atoms with van der Waals surface area (Å²) in [7, 11) is -2.46. The molecule has 1 fully saturated rings. The predicted molar refractivity (Wildman–Crippen MR) is 76.8 cm³/mol. The molecule has 1 aliphatic rings. The highest BCUT2D eigenvalue weighted by molar-refractivity contribution is 7.63. The van der Waals surface area contributed by atoms with Gasteiger partial charge in [-0.2, -0.15) is 0 Å². The number of rotatable bonds is 2. The maximum absolute atomic E-state index is 12.2. The molecule has 0 spiro atoms. The molecular formula is C13H24NO5P. The average Bonchev–Trinajstić information content (AvgIpc) is 2.24. The lowest BCUT2D eigenvalue weighted by molar-refractivity contribution is -0.143. The van der Waals surface area contributed by atoms with Gasteiger partial charge in [-0.25, -0.2) is 4.79 Å². The number of ether oxygens (including phenoxy) is 1. The Labute approximate surface area is 119 Å². The fourth-order valence-corrected chi connectivity index (χ4v) is 3.53. The summed E-state index contributed by atoms with van der Waals surface area (Å²) in [6.45, 7) is 8.94. The summed E-state index contributed by atoms with van der Waals surface area (Å²) in [6.07, 6.45) is -0.194. The minimum Gasteiger partial charge on any atom is -0.481 e. The van der Waals surface area contributed by atoms with E-state index in [9.17, 15) is 19.3 Å². The normalized spacial score (nSPS) is 24.4. The maximum Gasteiger partial charge on any atom is 0.410 e. The van der Waals surface area contributed by atoms with Crippen LogP contribution in [0, 0.1) is 5.92 Å². The highest BCUT2D eigenvalue weighted by Gasteiger charge is 2.39. The molecule has 0 aromatic rings. The Morgan fingerprint density at radius 3 is 2.20 bits per heavy atom. The lowest BCUT2D eigenvalue weighted by Gasteiger charge is -2.38. The molecule has 20 heavy (non-hydrogen) atoms. The quantitative estimate of drug-likeness (QED) is 0.791. The summed E-state index contributed by atoms with van der Waals surface area (Å²) in [5.74, 6) is -1.65. The zero-order valence-corrected chi connectivity index (χ0v) is 13.6. The number of nitrogens with zero attached hydrogens (tertiary/aromatic N) is 1. The van der Waals surface area contributed by atoms with Gasteiger partial charge < -0.3 is 19.3 Å². The van der Waals surface area contributed by atoms with Crippen LogP contribution in [0.4, 0.5) is 4.79 Å². The summed E-state index contributed by atoms with van der Waals surface area (Å²) < 4.78 is 17.5. The zero-order valence-electron chi connectivity index (χ0n) is 12.8. The summed E-state index contributed by atoms with van der Waals surface area (Å²) in [6, 6.07) is 0. The Bertz CT molecular complexity index is 437. The van der Waals surface area contributed by atoms with E-state index in [1.807, 2.05) is 0 Å². The van der Waals surface area contributed by atoms with Gasteiger partial charge in [0.15, 0.2) is 0 Å². The van der Waals surface area contributed by atoms with E-state index in [2.05, 4.69) is 0 Å². The van der Waals surface area contributed by atoms with Crippen LogP contribution >= 0.6 is 7.14 Å². The minimum absolute atomic E-state index is 0.112. The molecule has 1 aliphatic heterocycles. The molecule has 1 N–H and O–H groups in total. The first-order chi connectivity index (χ1) is 8.90. The maximum atomic E-state index is 12.2. The van der Waals surface area contributed by atoms with Crippen LogP contribution in [0.1, 0.15) is 27.2 Å². The molecule has 2 unspecified atom stereocenters. The first-order valence-electron chi connectivity index (χ1n) is 6.65. The van der Waals surface area contributed by atoms with Crippen molar-refractivity contribution in [1.82, 2.24) is 4.90 Å². The molecule has 0 aromatic carbocycles. The third kappa shape index (κ3) is 4.82. The second-order valence-electron chi connectivity index (χ2n) is 6.74. The first kappa shape index (κ1) is 17.0. The van der Waals surface area contributed by atoms with Crippen molar-refractivity contribution in [3.8, 4) is 0 Å². The fraction of sp³-hybridized carbons (Fsp3) is 0.846. The van der Waals surface area contributed by atoms with Crippen molar-refractivity contribution in [2.45, 2.75) is 38.5 Å². The molecule has 0 saturated carbocycles. The van der Waals surface area contributed by atoms with Crippen LogP contribution < -0.4 is 0 Å². The second-order valence-corrected chi connectivity index (χ2v) is 10.3. The molecule has 0 aliphatic carbocycles. The standard InChI is InChI=1S/C13H24NO5P/c1-13(2,3)19-12(17)14-7-9(11(15)16)6-10(8-14)20(4,5)18/h9-10H,6-8H2,1-5H3,(H,15,16). The van der Waals surface area contributed by atoms with Gasteiger partial charge in [-0.3, -0.25) is 4.79 Å². The van der Waals surface area contributed by atoms with E-state index in [1.54, 1.807) is 34.1 Å². The summed E-state index contributed by atoms with van der Waals surface area (Å²) in [5, 5.41) is 9.19. The molecule has 2 atom stereocenters. The van der Waals surface area contributed by atoms with Gasteiger partial charge in [-0.1, -0.05) is 0 Å². The van der Waals surface area contributed by atoms with Gasteiger partial charge in [0.2, 0.25) is 0 Å². The molecule has 0 bridgehead atoms. The number of carboxylic acids is 1. The number of aliphatic carboxylic acids is 1. The highest BCUT2D eigenvalue weighted by atomic mass is 31.2. The van der Waals surface area contributed by atoms with E-state index < -0.39 is 30.7 Å². The molecule has 116 valence electrons. The summed E-state index contributed by atoms with van der Waals surface area (Å²) in [4.78, 5) is 24.7. The van der Waals surface area contributed by atoms with Crippen molar-refractivity contribution in [2.24, 2.45) is 5.92 Å². The molecule has 6 nitrogen and oxygen atoms in total. The SMILES string of the molecule is CC(C)(C)OC(=O)N1CC(C(=O)O)CC(P(C)(C)=O)C1.